The van der Waals surface area contributed by atoms with Gasteiger partial charge in [0.15, 0.2) is 0 Å². The number of rotatable bonds is 2. The fourth-order valence-electron chi connectivity index (χ4n) is 3.67. The fraction of sp³-hybridized carbons (Fsp3) is 0.533. The number of amides is 1. The Bertz CT molecular complexity index is 630. The standard InChI is InChI=1S/C15H15F3N2O3/c16-15(17,18)9-4-5-11(19-6-9)13(21)20-7-8-2-1-3-10(8)12(20)14(22)23/h4-6,8,10,12H,1-3,7H2,(H,22,23). The summed E-state index contributed by atoms with van der Waals surface area (Å²) >= 11 is 0. The van der Waals surface area contributed by atoms with E-state index in [1.807, 2.05) is 0 Å². The van der Waals surface area contributed by atoms with E-state index in [0.717, 1.165) is 31.4 Å². The Balaban J connectivity index is 1.83. The second kappa shape index (κ2) is 5.50. The van der Waals surface area contributed by atoms with Crippen LogP contribution in [0.5, 0.6) is 0 Å². The number of hydrogen-bond donors (Lipinski definition) is 1. The maximum Gasteiger partial charge on any atom is 0.417 e. The molecule has 3 rings (SSSR count). The van der Waals surface area contributed by atoms with Gasteiger partial charge in [-0.05, 0) is 36.8 Å². The summed E-state index contributed by atoms with van der Waals surface area (Å²) in [6.07, 6.45) is -1.35. The molecule has 5 nitrogen and oxygen atoms in total. The Kier molecular flexibility index (Phi) is 3.77. The molecule has 0 radical (unpaired) electrons. The van der Waals surface area contributed by atoms with Crippen LogP contribution in [0.15, 0.2) is 18.3 Å². The molecule has 0 spiro atoms. The van der Waals surface area contributed by atoms with Crippen LogP contribution in [0.3, 0.4) is 0 Å². The maximum atomic E-state index is 12.5. The lowest BCUT2D eigenvalue weighted by molar-refractivity contribution is -0.142. The number of carboxylic acids is 1. The molecular weight excluding hydrogens is 313 g/mol. The molecule has 23 heavy (non-hydrogen) atoms. The molecule has 0 bridgehead atoms. The van der Waals surface area contributed by atoms with E-state index in [9.17, 15) is 27.9 Å². The molecule has 1 aliphatic carbocycles. The number of aromatic nitrogens is 1. The number of fused-ring (bicyclic) bond motifs is 1. The van der Waals surface area contributed by atoms with E-state index in [0.29, 0.717) is 12.7 Å². The SMILES string of the molecule is O=C(O)C1C2CCCC2CN1C(=O)c1ccc(C(F)(F)F)cn1. The zero-order valence-electron chi connectivity index (χ0n) is 12.1. The van der Waals surface area contributed by atoms with Gasteiger partial charge in [-0.1, -0.05) is 6.42 Å². The molecule has 2 heterocycles. The van der Waals surface area contributed by atoms with Crippen molar-refractivity contribution in [2.75, 3.05) is 6.54 Å². The molecular formula is C15H15F3N2O3. The van der Waals surface area contributed by atoms with Crippen LogP contribution in [0, 0.1) is 11.8 Å². The molecule has 2 fully saturated rings. The van der Waals surface area contributed by atoms with Crippen LogP contribution >= 0.6 is 0 Å². The molecule has 3 atom stereocenters. The van der Waals surface area contributed by atoms with Crippen molar-refractivity contribution < 1.29 is 27.9 Å². The minimum atomic E-state index is -4.52. The summed E-state index contributed by atoms with van der Waals surface area (Å²) in [5, 5.41) is 9.41. The third-order valence-corrected chi connectivity index (χ3v) is 4.71. The van der Waals surface area contributed by atoms with Crippen LogP contribution in [0.2, 0.25) is 0 Å². The highest BCUT2D eigenvalue weighted by atomic mass is 19.4. The number of carbonyl (C=O) groups excluding carboxylic acids is 1. The molecule has 1 aromatic heterocycles. The smallest absolute Gasteiger partial charge is 0.417 e. The molecule has 1 N–H and O–H groups in total. The monoisotopic (exact) mass is 328 g/mol. The molecule has 124 valence electrons. The lowest BCUT2D eigenvalue weighted by Gasteiger charge is -2.24. The summed E-state index contributed by atoms with van der Waals surface area (Å²) in [4.78, 5) is 28.8. The van der Waals surface area contributed by atoms with E-state index in [4.69, 9.17) is 0 Å². The summed E-state index contributed by atoms with van der Waals surface area (Å²) in [7, 11) is 0. The average molecular weight is 328 g/mol. The quantitative estimate of drug-likeness (QED) is 0.905. The van der Waals surface area contributed by atoms with Gasteiger partial charge < -0.3 is 10.0 Å². The number of hydrogen-bond acceptors (Lipinski definition) is 3. The molecule has 1 aliphatic heterocycles. The van der Waals surface area contributed by atoms with E-state index in [2.05, 4.69) is 4.98 Å². The van der Waals surface area contributed by atoms with Crippen LogP contribution in [-0.2, 0) is 11.0 Å². The van der Waals surface area contributed by atoms with Crippen molar-refractivity contribution in [2.24, 2.45) is 11.8 Å². The summed E-state index contributed by atoms with van der Waals surface area (Å²) in [5.74, 6) is -1.62. The Hall–Kier alpha value is -2.12. The third kappa shape index (κ3) is 2.77. The van der Waals surface area contributed by atoms with Gasteiger partial charge in [-0.15, -0.1) is 0 Å². The normalized spacial score (nSPS) is 27.1. The van der Waals surface area contributed by atoms with Crippen LogP contribution in [0.4, 0.5) is 13.2 Å². The minimum Gasteiger partial charge on any atom is -0.480 e. The van der Waals surface area contributed by atoms with E-state index in [1.54, 1.807) is 0 Å². The van der Waals surface area contributed by atoms with E-state index in [1.165, 1.54) is 4.90 Å². The van der Waals surface area contributed by atoms with E-state index in [-0.39, 0.29) is 17.5 Å². The largest absolute Gasteiger partial charge is 0.480 e. The van der Waals surface area contributed by atoms with Crippen molar-refractivity contribution in [1.82, 2.24) is 9.88 Å². The molecule has 1 saturated heterocycles. The first-order valence-corrected chi connectivity index (χ1v) is 7.36. The van der Waals surface area contributed by atoms with Crippen molar-refractivity contribution in [1.29, 1.82) is 0 Å². The van der Waals surface area contributed by atoms with Crippen molar-refractivity contribution >= 4 is 11.9 Å². The molecule has 1 saturated carbocycles. The molecule has 8 heteroatoms. The molecule has 1 amide bonds. The third-order valence-electron chi connectivity index (χ3n) is 4.71. The van der Waals surface area contributed by atoms with Gasteiger partial charge >= 0.3 is 12.1 Å². The van der Waals surface area contributed by atoms with Gasteiger partial charge in [0, 0.05) is 12.7 Å². The molecule has 2 aliphatic rings. The maximum absolute atomic E-state index is 12.5. The number of nitrogens with zero attached hydrogens (tertiary/aromatic N) is 2. The van der Waals surface area contributed by atoms with Crippen LogP contribution < -0.4 is 0 Å². The number of alkyl halides is 3. The van der Waals surface area contributed by atoms with Gasteiger partial charge in [0.2, 0.25) is 0 Å². The van der Waals surface area contributed by atoms with Gasteiger partial charge in [-0.25, -0.2) is 4.79 Å². The highest BCUT2D eigenvalue weighted by Crippen LogP contribution is 2.42. The van der Waals surface area contributed by atoms with Gasteiger partial charge in [0.05, 0.1) is 5.56 Å². The summed E-state index contributed by atoms with van der Waals surface area (Å²) in [5.41, 5.74) is -1.11. The lowest BCUT2D eigenvalue weighted by atomic mass is 9.94. The van der Waals surface area contributed by atoms with Gasteiger partial charge in [-0.2, -0.15) is 13.2 Å². The lowest BCUT2D eigenvalue weighted by Crippen LogP contribution is -2.43. The zero-order chi connectivity index (χ0) is 16.8. The zero-order valence-corrected chi connectivity index (χ0v) is 12.1. The predicted molar refractivity (Wildman–Crippen MR) is 72.5 cm³/mol. The van der Waals surface area contributed by atoms with Crippen LogP contribution in [0.1, 0.15) is 35.3 Å². The van der Waals surface area contributed by atoms with Crippen molar-refractivity contribution in [2.45, 2.75) is 31.5 Å². The van der Waals surface area contributed by atoms with Crippen molar-refractivity contribution in [3.8, 4) is 0 Å². The number of halogens is 3. The number of carbonyl (C=O) groups is 2. The van der Waals surface area contributed by atoms with E-state index < -0.39 is 29.7 Å². The Morgan fingerprint density at radius 1 is 1.26 bits per heavy atom. The Morgan fingerprint density at radius 2 is 2.00 bits per heavy atom. The second-order valence-corrected chi connectivity index (χ2v) is 6.03. The van der Waals surface area contributed by atoms with Crippen LogP contribution in [-0.4, -0.2) is 39.5 Å². The van der Waals surface area contributed by atoms with Gasteiger partial charge in [0.25, 0.3) is 5.91 Å². The Labute approximate surface area is 130 Å². The highest BCUT2D eigenvalue weighted by Gasteiger charge is 2.49. The van der Waals surface area contributed by atoms with Gasteiger partial charge in [-0.3, -0.25) is 9.78 Å². The molecule has 3 unspecified atom stereocenters. The molecule has 0 aromatic carbocycles. The van der Waals surface area contributed by atoms with Gasteiger partial charge in [0.1, 0.15) is 11.7 Å². The predicted octanol–water partition coefficient (Wildman–Crippen LogP) is 2.43. The average Bonchev–Trinajstić information content (AvgIpc) is 3.05. The van der Waals surface area contributed by atoms with Crippen LogP contribution in [0.25, 0.3) is 0 Å². The van der Waals surface area contributed by atoms with Crippen molar-refractivity contribution in [3.05, 3.63) is 29.6 Å². The summed E-state index contributed by atoms with van der Waals surface area (Å²) < 4.78 is 37.6. The highest BCUT2D eigenvalue weighted by molar-refractivity contribution is 5.95. The number of aliphatic carboxylic acids is 1. The van der Waals surface area contributed by atoms with E-state index >= 15 is 0 Å². The molecule has 1 aromatic rings. The second-order valence-electron chi connectivity index (χ2n) is 6.03. The summed E-state index contributed by atoms with van der Waals surface area (Å²) in [6, 6.07) is 0.865. The first-order chi connectivity index (χ1) is 10.8. The number of carboxylic acid groups (broad SMARTS) is 1. The minimum absolute atomic E-state index is 0.0779. The number of likely N-dealkylation sites (tertiary alicyclic amines) is 1. The number of pyridine rings is 1. The fourth-order valence-corrected chi connectivity index (χ4v) is 3.67. The first kappa shape index (κ1) is 15.8. The van der Waals surface area contributed by atoms with Crippen molar-refractivity contribution in [3.63, 3.8) is 0 Å². The Morgan fingerprint density at radius 3 is 2.57 bits per heavy atom. The topological polar surface area (TPSA) is 70.5 Å². The summed E-state index contributed by atoms with van der Waals surface area (Å²) in [6.45, 7) is 0.323. The first-order valence-electron chi connectivity index (χ1n) is 7.36.